The van der Waals surface area contributed by atoms with Crippen molar-refractivity contribution in [1.82, 2.24) is 9.55 Å². The molecule has 27 heavy (non-hydrogen) atoms. The van der Waals surface area contributed by atoms with E-state index < -0.39 is 5.95 Å². The molecule has 0 atom stereocenters. The molecule has 3 nitrogen and oxygen atoms in total. The van der Waals surface area contributed by atoms with E-state index in [9.17, 15) is 8.78 Å². The highest BCUT2D eigenvalue weighted by molar-refractivity contribution is 9.10. The Labute approximate surface area is 162 Å². The molecular weight excluding hydrogens is 412 g/mol. The number of hydrogen-bond acceptors (Lipinski definition) is 2. The van der Waals surface area contributed by atoms with Crippen LogP contribution in [0, 0.1) is 11.8 Å². The second-order valence-corrected chi connectivity index (χ2v) is 7.32. The number of aromatic nitrogens is 2. The lowest BCUT2D eigenvalue weighted by atomic mass is 10.1. The average molecular weight is 426 g/mol. The van der Waals surface area contributed by atoms with Gasteiger partial charge in [0.2, 0.25) is 5.95 Å². The Balaban J connectivity index is 1.85. The lowest BCUT2D eigenvalue weighted by molar-refractivity contribution is 0.587. The molecule has 0 saturated heterocycles. The van der Waals surface area contributed by atoms with Gasteiger partial charge in [0, 0.05) is 23.3 Å². The largest absolute Gasteiger partial charge is 0.384 e. The fourth-order valence-corrected chi connectivity index (χ4v) is 4.36. The molecule has 4 aromatic rings. The maximum atomic E-state index is 13.9. The Bertz CT molecular complexity index is 1180. The predicted octanol–water partition coefficient (Wildman–Crippen LogP) is 5.70. The monoisotopic (exact) mass is 425 g/mol. The minimum absolute atomic E-state index is 0.301. The van der Waals surface area contributed by atoms with E-state index in [0.717, 1.165) is 45.5 Å². The molecule has 6 heteroatoms. The van der Waals surface area contributed by atoms with Crippen LogP contribution in [-0.2, 0) is 6.42 Å². The zero-order valence-corrected chi connectivity index (χ0v) is 15.7. The third-order valence-electron chi connectivity index (χ3n) is 4.90. The van der Waals surface area contributed by atoms with Crippen molar-refractivity contribution in [2.24, 2.45) is 0 Å². The number of hydrogen-bond donors (Lipinski definition) is 1. The fourth-order valence-electron chi connectivity index (χ4n) is 3.64. The molecule has 1 N–H and O–H groups in total. The first-order valence-corrected chi connectivity index (χ1v) is 9.41. The van der Waals surface area contributed by atoms with Crippen molar-refractivity contribution in [1.29, 1.82) is 0 Å². The molecule has 2 aromatic heterocycles. The third kappa shape index (κ3) is 2.63. The van der Waals surface area contributed by atoms with Gasteiger partial charge in [-0.1, -0.05) is 0 Å². The van der Waals surface area contributed by atoms with Crippen LogP contribution in [0.25, 0.3) is 28.0 Å². The second kappa shape index (κ2) is 6.16. The molecule has 0 aliphatic carbocycles. The summed E-state index contributed by atoms with van der Waals surface area (Å²) >= 11 is 3.65. The van der Waals surface area contributed by atoms with E-state index >= 15 is 0 Å². The minimum Gasteiger partial charge on any atom is -0.384 e. The topological polar surface area (TPSA) is 29.9 Å². The van der Waals surface area contributed by atoms with Gasteiger partial charge in [-0.25, -0.2) is 9.37 Å². The first-order valence-electron chi connectivity index (χ1n) is 8.61. The summed E-state index contributed by atoms with van der Waals surface area (Å²) in [5.74, 6) is -0.840. The van der Waals surface area contributed by atoms with Crippen LogP contribution in [-0.4, -0.2) is 16.1 Å². The van der Waals surface area contributed by atoms with E-state index in [1.165, 1.54) is 23.8 Å². The average Bonchev–Trinajstić information content (AvgIpc) is 3.24. The predicted molar refractivity (Wildman–Crippen MR) is 106 cm³/mol. The lowest BCUT2D eigenvalue weighted by Gasteiger charge is -2.13. The molecule has 0 fully saturated rings. The highest BCUT2D eigenvalue weighted by Gasteiger charge is 2.21. The summed E-state index contributed by atoms with van der Waals surface area (Å²) < 4.78 is 30.1. The van der Waals surface area contributed by atoms with Gasteiger partial charge in [-0.2, -0.15) is 4.39 Å². The first-order chi connectivity index (χ1) is 13.1. The summed E-state index contributed by atoms with van der Waals surface area (Å²) in [4.78, 5) is 4.15. The highest BCUT2D eigenvalue weighted by Crippen LogP contribution is 2.40. The summed E-state index contributed by atoms with van der Waals surface area (Å²) in [6.45, 7) is 0.909. The van der Waals surface area contributed by atoms with Gasteiger partial charge >= 0.3 is 0 Å². The smallest absolute Gasteiger partial charge is 0.214 e. The van der Waals surface area contributed by atoms with Crippen LogP contribution in [0.5, 0.6) is 0 Å². The zero-order chi connectivity index (χ0) is 18.5. The van der Waals surface area contributed by atoms with Gasteiger partial charge in [0.15, 0.2) is 0 Å². The molecule has 0 bridgehead atoms. The van der Waals surface area contributed by atoms with Crippen LogP contribution in [0.4, 0.5) is 14.5 Å². The van der Waals surface area contributed by atoms with Crippen LogP contribution in [0.1, 0.15) is 5.56 Å². The van der Waals surface area contributed by atoms with E-state index in [1.54, 1.807) is 18.2 Å². The first kappa shape index (κ1) is 16.4. The SMILES string of the molecule is Fc1ccc(-c2c(Br)c3ccc(F)nc3n2-c2ccc3c(c2)CCN3)cc1. The molecule has 0 amide bonds. The Kier molecular flexibility index (Phi) is 3.75. The van der Waals surface area contributed by atoms with Crippen molar-refractivity contribution < 1.29 is 8.78 Å². The van der Waals surface area contributed by atoms with E-state index in [2.05, 4.69) is 32.3 Å². The van der Waals surface area contributed by atoms with Crippen LogP contribution in [0.15, 0.2) is 59.1 Å². The summed E-state index contributed by atoms with van der Waals surface area (Å²) in [7, 11) is 0. The summed E-state index contributed by atoms with van der Waals surface area (Å²) in [6, 6.07) is 15.5. The molecule has 0 radical (unpaired) electrons. The number of fused-ring (bicyclic) bond motifs is 2. The number of anilines is 1. The molecular formula is C21H14BrF2N3. The number of pyridine rings is 1. The summed E-state index contributed by atoms with van der Waals surface area (Å²) in [6.07, 6.45) is 0.942. The van der Waals surface area contributed by atoms with Crippen molar-refractivity contribution >= 4 is 32.7 Å². The van der Waals surface area contributed by atoms with Crippen molar-refractivity contribution in [3.05, 3.63) is 76.4 Å². The van der Waals surface area contributed by atoms with Gasteiger partial charge in [-0.15, -0.1) is 0 Å². The number of benzene rings is 2. The van der Waals surface area contributed by atoms with Crippen molar-refractivity contribution in [3.63, 3.8) is 0 Å². The van der Waals surface area contributed by atoms with Crippen LogP contribution in [0.3, 0.4) is 0 Å². The highest BCUT2D eigenvalue weighted by atomic mass is 79.9. The minimum atomic E-state index is -0.540. The quantitative estimate of drug-likeness (QED) is 0.417. The zero-order valence-electron chi connectivity index (χ0n) is 14.1. The van der Waals surface area contributed by atoms with Crippen molar-refractivity contribution in [2.75, 3.05) is 11.9 Å². The number of nitrogens with zero attached hydrogens (tertiary/aromatic N) is 2. The van der Waals surface area contributed by atoms with E-state index in [1.807, 2.05) is 16.7 Å². The van der Waals surface area contributed by atoms with Crippen LogP contribution in [0.2, 0.25) is 0 Å². The molecule has 0 spiro atoms. The molecule has 2 aromatic carbocycles. The lowest BCUT2D eigenvalue weighted by Crippen LogP contribution is -2.00. The van der Waals surface area contributed by atoms with Crippen LogP contribution < -0.4 is 5.32 Å². The molecule has 0 unspecified atom stereocenters. The van der Waals surface area contributed by atoms with E-state index in [-0.39, 0.29) is 5.82 Å². The Hall–Kier alpha value is -2.73. The summed E-state index contributed by atoms with van der Waals surface area (Å²) in [5.41, 5.74) is 5.38. The van der Waals surface area contributed by atoms with Gasteiger partial charge in [-0.3, -0.25) is 4.57 Å². The fraction of sp³-hybridized carbons (Fsp3) is 0.0952. The maximum absolute atomic E-state index is 13.9. The standard InChI is InChI=1S/C21H14BrF2N3/c22-19-16-6-8-18(24)26-21(16)27(20(19)12-1-3-14(23)4-2-12)15-5-7-17-13(11-15)9-10-25-17/h1-8,11,25H,9-10H2. The normalized spacial score (nSPS) is 13.0. The molecule has 1 aliphatic rings. The van der Waals surface area contributed by atoms with Crippen LogP contribution >= 0.6 is 15.9 Å². The summed E-state index contributed by atoms with van der Waals surface area (Å²) in [5, 5.41) is 4.15. The molecule has 5 rings (SSSR count). The Morgan fingerprint density at radius 3 is 2.63 bits per heavy atom. The molecule has 3 heterocycles. The maximum Gasteiger partial charge on any atom is 0.214 e. The van der Waals surface area contributed by atoms with Gasteiger partial charge < -0.3 is 5.32 Å². The molecule has 0 saturated carbocycles. The van der Waals surface area contributed by atoms with Gasteiger partial charge in [0.05, 0.1) is 10.2 Å². The Morgan fingerprint density at radius 2 is 1.81 bits per heavy atom. The number of rotatable bonds is 2. The molecule has 1 aliphatic heterocycles. The number of halogens is 3. The Morgan fingerprint density at radius 1 is 1.00 bits per heavy atom. The van der Waals surface area contributed by atoms with Crippen molar-refractivity contribution in [2.45, 2.75) is 6.42 Å². The van der Waals surface area contributed by atoms with Gasteiger partial charge in [-0.05, 0) is 88.1 Å². The third-order valence-corrected chi connectivity index (χ3v) is 5.70. The van der Waals surface area contributed by atoms with E-state index in [4.69, 9.17) is 0 Å². The van der Waals surface area contributed by atoms with Gasteiger partial charge in [0.25, 0.3) is 0 Å². The molecule has 134 valence electrons. The van der Waals surface area contributed by atoms with E-state index in [0.29, 0.717) is 5.65 Å². The van der Waals surface area contributed by atoms with Gasteiger partial charge in [0.1, 0.15) is 11.5 Å². The van der Waals surface area contributed by atoms with Crippen molar-refractivity contribution in [3.8, 4) is 16.9 Å². The number of nitrogens with one attached hydrogen (secondary N) is 1. The second-order valence-electron chi connectivity index (χ2n) is 6.53.